The van der Waals surface area contributed by atoms with Crippen LogP contribution < -0.4 is 0 Å². The van der Waals surface area contributed by atoms with Crippen LogP contribution in [0, 0.1) is 5.41 Å². The Kier molecular flexibility index (Phi) is 2.05. The summed E-state index contributed by atoms with van der Waals surface area (Å²) in [5, 5.41) is 21.5. The van der Waals surface area contributed by atoms with E-state index in [0.29, 0.717) is 6.61 Å². The van der Waals surface area contributed by atoms with Gasteiger partial charge in [0.05, 0.1) is 6.61 Å². The summed E-state index contributed by atoms with van der Waals surface area (Å²) in [5.41, 5.74) is 0.203. The van der Waals surface area contributed by atoms with Gasteiger partial charge in [-0.1, -0.05) is 31.2 Å². The summed E-state index contributed by atoms with van der Waals surface area (Å²) < 4.78 is 5.46. The van der Waals surface area contributed by atoms with E-state index in [1.165, 1.54) is 0 Å². The van der Waals surface area contributed by atoms with Crippen LogP contribution in [0.15, 0.2) is 24.3 Å². The van der Waals surface area contributed by atoms with E-state index >= 15 is 0 Å². The molecule has 3 unspecified atom stereocenters. The SMILES string of the molecule is CC12CCc3ccccc3C1(O)C(C)(O)OC2. The minimum absolute atomic E-state index is 0.394. The van der Waals surface area contributed by atoms with Crippen molar-refractivity contribution in [2.75, 3.05) is 6.61 Å². The van der Waals surface area contributed by atoms with Gasteiger partial charge in [0.25, 0.3) is 0 Å². The van der Waals surface area contributed by atoms with Crippen molar-refractivity contribution in [2.24, 2.45) is 5.41 Å². The van der Waals surface area contributed by atoms with Crippen molar-refractivity contribution >= 4 is 0 Å². The average molecular weight is 234 g/mol. The van der Waals surface area contributed by atoms with Crippen LogP contribution in [0.1, 0.15) is 31.4 Å². The molecule has 1 heterocycles. The van der Waals surface area contributed by atoms with Gasteiger partial charge in [-0.15, -0.1) is 0 Å². The topological polar surface area (TPSA) is 49.7 Å². The lowest BCUT2D eigenvalue weighted by molar-refractivity contribution is -0.260. The number of aliphatic hydroxyl groups is 2. The standard InChI is InChI=1S/C14H18O3/c1-12-8-7-10-5-3-4-6-11(10)14(12,16)13(2,15)17-9-12/h3-6,15-16H,7-9H2,1-2H3. The Labute approximate surface area is 101 Å². The third-order valence-electron chi connectivity index (χ3n) is 4.57. The van der Waals surface area contributed by atoms with Gasteiger partial charge in [0.15, 0.2) is 11.4 Å². The number of rotatable bonds is 0. The molecular formula is C14H18O3. The first-order valence-corrected chi connectivity index (χ1v) is 6.08. The van der Waals surface area contributed by atoms with Crippen molar-refractivity contribution < 1.29 is 14.9 Å². The van der Waals surface area contributed by atoms with Gasteiger partial charge in [-0.2, -0.15) is 0 Å². The summed E-state index contributed by atoms with van der Waals surface area (Å²) >= 11 is 0. The third-order valence-corrected chi connectivity index (χ3v) is 4.57. The molecule has 3 heteroatoms. The number of fused-ring (bicyclic) bond motifs is 3. The van der Waals surface area contributed by atoms with Gasteiger partial charge in [-0.3, -0.25) is 0 Å². The van der Waals surface area contributed by atoms with Gasteiger partial charge in [-0.25, -0.2) is 0 Å². The van der Waals surface area contributed by atoms with E-state index in [1.807, 2.05) is 31.2 Å². The van der Waals surface area contributed by atoms with Gasteiger partial charge in [0.2, 0.25) is 0 Å². The molecule has 92 valence electrons. The van der Waals surface area contributed by atoms with Gasteiger partial charge in [-0.05, 0) is 30.9 Å². The summed E-state index contributed by atoms with van der Waals surface area (Å²) in [6.07, 6.45) is 1.76. The van der Waals surface area contributed by atoms with Gasteiger partial charge < -0.3 is 14.9 Å². The van der Waals surface area contributed by atoms with E-state index in [-0.39, 0.29) is 0 Å². The number of ether oxygens (including phenoxy) is 1. The maximum atomic E-state index is 11.1. The predicted molar refractivity (Wildman–Crippen MR) is 63.3 cm³/mol. The highest BCUT2D eigenvalue weighted by atomic mass is 16.6. The molecule has 1 aliphatic carbocycles. The fourth-order valence-corrected chi connectivity index (χ4v) is 3.40. The highest BCUT2D eigenvalue weighted by molar-refractivity contribution is 5.40. The molecule has 1 saturated heterocycles. The first-order chi connectivity index (χ1) is 7.91. The lowest BCUT2D eigenvalue weighted by atomic mass is 9.61. The minimum Gasteiger partial charge on any atom is -0.379 e. The second-order valence-electron chi connectivity index (χ2n) is 5.70. The molecule has 3 rings (SSSR count). The monoisotopic (exact) mass is 234 g/mol. The Morgan fingerprint density at radius 1 is 1.18 bits per heavy atom. The molecule has 2 aliphatic rings. The minimum atomic E-state index is -1.52. The first kappa shape index (κ1) is 11.2. The summed E-state index contributed by atoms with van der Waals surface area (Å²) in [6.45, 7) is 3.94. The number of aryl methyl sites for hydroxylation is 1. The third kappa shape index (κ3) is 1.17. The van der Waals surface area contributed by atoms with E-state index in [2.05, 4.69) is 0 Å². The lowest BCUT2D eigenvalue weighted by Gasteiger charge is -2.47. The van der Waals surface area contributed by atoms with Crippen LogP contribution in [-0.4, -0.2) is 22.6 Å². The quantitative estimate of drug-likeness (QED) is 0.716. The molecule has 2 N–H and O–H groups in total. The second kappa shape index (κ2) is 3.10. The molecule has 1 aliphatic heterocycles. The highest BCUT2D eigenvalue weighted by Crippen LogP contribution is 2.58. The van der Waals surface area contributed by atoms with Crippen molar-refractivity contribution in [1.82, 2.24) is 0 Å². The van der Waals surface area contributed by atoms with Gasteiger partial charge in [0, 0.05) is 5.41 Å². The molecule has 0 aromatic heterocycles. The molecule has 17 heavy (non-hydrogen) atoms. The van der Waals surface area contributed by atoms with Crippen LogP contribution in [0.5, 0.6) is 0 Å². The number of benzene rings is 1. The van der Waals surface area contributed by atoms with Crippen molar-refractivity contribution in [3.8, 4) is 0 Å². The number of hydrogen-bond acceptors (Lipinski definition) is 3. The largest absolute Gasteiger partial charge is 0.379 e. The summed E-state index contributed by atoms with van der Waals surface area (Å²) in [4.78, 5) is 0. The molecule has 1 fully saturated rings. The molecule has 3 nitrogen and oxygen atoms in total. The van der Waals surface area contributed by atoms with Crippen LogP contribution in [0.4, 0.5) is 0 Å². The van der Waals surface area contributed by atoms with Gasteiger partial charge in [0.1, 0.15) is 0 Å². The molecule has 1 aromatic rings. The Hall–Kier alpha value is -0.900. The summed E-state index contributed by atoms with van der Waals surface area (Å²) in [7, 11) is 0. The van der Waals surface area contributed by atoms with Crippen LogP contribution in [0.2, 0.25) is 0 Å². The van der Waals surface area contributed by atoms with Crippen molar-refractivity contribution in [3.05, 3.63) is 35.4 Å². The molecule has 3 atom stereocenters. The fraction of sp³-hybridized carbons (Fsp3) is 0.571. The normalized spacial score (nSPS) is 44.2. The number of hydrogen-bond donors (Lipinski definition) is 2. The Morgan fingerprint density at radius 2 is 1.88 bits per heavy atom. The Balaban J connectivity index is 2.27. The van der Waals surface area contributed by atoms with Crippen LogP contribution in [-0.2, 0) is 16.8 Å². The summed E-state index contributed by atoms with van der Waals surface area (Å²) in [5.74, 6) is -1.52. The van der Waals surface area contributed by atoms with Gasteiger partial charge >= 0.3 is 0 Å². The molecule has 1 aromatic carbocycles. The van der Waals surface area contributed by atoms with E-state index < -0.39 is 16.8 Å². The predicted octanol–water partition coefficient (Wildman–Crippen LogP) is 1.57. The van der Waals surface area contributed by atoms with Crippen LogP contribution >= 0.6 is 0 Å². The molecule has 0 amide bonds. The first-order valence-electron chi connectivity index (χ1n) is 6.08. The van der Waals surface area contributed by atoms with E-state index in [4.69, 9.17) is 4.74 Å². The smallest absolute Gasteiger partial charge is 0.196 e. The summed E-state index contributed by atoms with van der Waals surface area (Å²) in [6, 6.07) is 7.78. The maximum Gasteiger partial charge on any atom is 0.196 e. The van der Waals surface area contributed by atoms with Crippen LogP contribution in [0.25, 0.3) is 0 Å². The molecule has 0 radical (unpaired) electrons. The average Bonchev–Trinajstić information content (AvgIpc) is 2.50. The van der Waals surface area contributed by atoms with Crippen molar-refractivity contribution in [2.45, 2.75) is 38.1 Å². The van der Waals surface area contributed by atoms with Crippen molar-refractivity contribution in [3.63, 3.8) is 0 Å². The van der Waals surface area contributed by atoms with Crippen molar-refractivity contribution in [1.29, 1.82) is 0 Å². The van der Waals surface area contributed by atoms with Crippen LogP contribution in [0.3, 0.4) is 0 Å². The lowest BCUT2D eigenvalue weighted by Crippen LogP contribution is -2.56. The van der Waals surface area contributed by atoms with E-state index in [1.54, 1.807) is 6.92 Å². The maximum absolute atomic E-state index is 11.1. The zero-order valence-corrected chi connectivity index (χ0v) is 10.2. The van der Waals surface area contributed by atoms with E-state index in [0.717, 1.165) is 24.0 Å². The molecule has 0 spiro atoms. The molecular weight excluding hydrogens is 216 g/mol. The molecule has 0 bridgehead atoms. The Bertz CT molecular complexity index is 468. The second-order valence-corrected chi connectivity index (χ2v) is 5.70. The Morgan fingerprint density at radius 3 is 2.65 bits per heavy atom. The zero-order valence-electron chi connectivity index (χ0n) is 10.2. The highest BCUT2D eigenvalue weighted by Gasteiger charge is 2.66. The van der Waals surface area contributed by atoms with E-state index in [9.17, 15) is 10.2 Å². The zero-order chi connectivity index (χ0) is 12.3. The molecule has 0 saturated carbocycles. The fourth-order valence-electron chi connectivity index (χ4n) is 3.40.